The van der Waals surface area contributed by atoms with Gasteiger partial charge in [-0.2, -0.15) is 0 Å². The van der Waals surface area contributed by atoms with Crippen molar-refractivity contribution in [1.29, 1.82) is 0 Å². The van der Waals surface area contributed by atoms with Crippen LogP contribution in [0.1, 0.15) is 39.0 Å². The van der Waals surface area contributed by atoms with Gasteiger partial charge in [-0.15, -0.1) is 11.3 Å². The number of nitrogens with one attached hydrogen (secondary N) is 2. The third-order valence-electron chi connectivity index (χ3n) is 3.19. The molecule has 0 aliphatic carbocycles. The number of hydrogen-bond acceptors (Lipinski definition) is 3. The van der Waals surface area contributed by atoms with E-state index in [1.165, 1.54) is 4.88 Å². The molecule has 5 nitrogen and oxygen atoms in total. The Morgan fingerprint density at radius 3 is 2.52 bits per heavy atom. The van der Waals surface area contributed by atoms with Crippen LogP contribution in [0.3, 0.4) is 0 Å². The van der Waals surface area contributed by atoms with Crippen molar-refractivity contribution in [1.82, 2.24) is 10.6 Å². The van der Waals surface area contributed by atoms with Gasteiger partial charge in [0.1, 0.15) is 6.04 Å². The summed E-state index contributed by atoms with van der Waals surface area (Å²) in [4.78, 5) is 24.2. The number of urea groups is 1. The maximum Gasteiger partial charge on any atom is 0.326 e. The third-order valence-corrected chi connectivity index (χ3v) is 4.43. The van der Waals surface area contributed by atoms with Crippen LogP contribution in [0.5, 0.6) is 0 Å². The first-order valence-electron chi connectivity index (χ1n) is 7.03. The largest absolute Gasteiger partial charge is 0.480 e. The third kappa shape index (κ3) is 5.75. The average Bonchev–Trinajstić information content (AvgIpc) is 2.89. The zero-order chi connectivity index (χ0) is 16.0. The number of thiophene rings is 1. The van der Waals surface area contributed by atoms with Gasteiger partial charge < -0.3 is 15.7 Å². The highest BCUT2D eigenvalue weighted by molar-refractivity contribution is 7.10. The minimum Gasteiger partial charge on any atom is -0.480 e. The number of amides is 2. The number of carboxylic acid groups (broad SMARTS) is 1. The summed E-state index contributed by atoms with van der Waals surface area (Å²) in [5.74, 6) is -0.801. The second-order valence-electron chi connectivity index (χ2n) is 6.21. The van der Waals surface area contributed by atoms with Crippen molar-refractivity contribution in [3.8, 4) is 0 Å². The molecule has 0 saturated carbocycles. The van der Waals surface area contributed by atoms with Crippen LogP contribution in [0.25, 0.3) is 0 Å². The first-order chi connectivity index (χ1) is 9.72. The molecule has 0 fully saturated rings. The molecule has 2 amide bonds. The number of carboxylic acids is 1. The fraction of sp³-hybridized carbons (Fsp3) is 0.600. The molecule has 118 valence electrons. The van der Waals surface area contributed by atoms with Crippen LogP contribution < -0.4 is 10.6 Å². The molecule has 0 spiro atoms. The van der Waals surface area contributed by atoms with Crippen molar-refractivity contribution < 1.29 is 14.7 Å². The summed E-state index contributed by atoms with van der Waals surface area (Å²) in [6.07, 6.45) is 0.414. The normalized spacial score (nSPS) is 13.0. The average molecular weight is 312 g/mol. The van der Waals surface area contributed by atoms with Gasteiger partial charge in [-0.25, -0.2) is 9.59 Å². The van der Waals surface area contributed by atoms with E-state index in [-0.39, 0.29) is 11.3 Å². The van der Waals surface area contributed by atoms with E-state index >= 15 is 0 Å². The summed E-state index contributed by atoms with van der Waals surface area (Å²) in [6, 6.07) is 2.72. The Morgan fingerprint density at radius 2 is 2.05 bits per heavy atom. The molecule has 0 radical (unpaired) electrons. The van der Waals surface area contributed by atoms with Crippen LogP contribution >= 0.6 is 11.3 Å². The predicted octanol–water partition coefficient (Wildman–Crippen LogP) is 2.82. The number of rotatable bonds is 7. The van der Waals surface area contributed by atoms with Gasteiger partial charge in [0, 0.05) is 16.8 Å². The van der Waals surface area contributed by atoms with Crippen molar-refractivity contribution in [3.05, 3.63) is 22.4 Å². The molecule has 1 aromatic heterocycles. The number of carbonyl (C=O) groups is 2. The highest BCUT2D eigenvalue weighted by Gasteiger charge is 2.24. The van der Waals surface area contributed by atoms with Crippen LogP contribution in [-0.2, 0) is 10.2 Å². The molecule has 21 heavy (non-hydrogen) atoms. The van der Waals surface area contributed by atoms with Crippen LogP contribution in [0.15, 0.2) is 17.5 Å². The molecule has 0 saturated heterocycles. The summed E-state index contributed by atoms with van der Waals surface area (Å²) >= 11 is 1.64. The Hall–Kier alpha value is -1.56. The van der Waals surface area contributed by atoms with Gasteiger partial charge in [0.2, 0.25) is 0 Å². The molecule has 0 aliphatic heterocycles. The smallest absolute Gasteiger partial charge is 0.326 e. The summed E-state index contributed by atoms with van der Waals surface area (Å²) in [6.45, 7) is 8.39. The molecule has 0 bridgehead atoms. The van der Waals surface area contributed by atoms with Gasteiger partial charge in [0.15, 0.2) is 0 Å². The fourth-order valence-corrected chi connectivity index (χ4v) is 2.81. The Labute approximate surface area is 129 Å². The number of aliphatic carboxylic acids is 1. The van der Waals surface area contributed by atoms with Gasteiger partial charge in [-0.1, -0.05) is 33.8 Å². The molecule has 0 aliphatic rings. The Balaban J connectivity index is 2.51. The summed E-state index contributed by atoms with van der Waals surface area (Å²) in [5.41, 5.74) is -0.178. The topological polar surface area (TPSA) is 78.4 Å². The van der Waals surface area contributed by atoms with E-state index in [4.69, 9.17) is 5.11 Å². The highest BCUT2D eigenvalue weighted by atomic mass is 32.1. The lowest BCUT2D eigenvalue weighted by atomic mass is 9.91. The van der Waals surface area contributed by atoms with E-state index in [2.05, 4.69) is 10.6 Å². The summed E-state index contributed by atoms with van der Waals surface area (Å²) < 4.78 is 0. The highest BCUT2D eigenvalue weighted by Crippen LogP contribution is 2.26. The quantitative estimate of drug-likeness (QED) is 0.724. The van der Waals surface area contributed by atoms with Crippen LogP contribution in [0.2, 0.25) is 0 Å². The lowest BCUT2D eigenvalue weighted by Gasteiger charge is -2.24. The van der Waals surface area contributed by atoms with E-state index in [0.29, 0.717) is 13.0 Å². The lowest BCUT2D eigenvalue weighted by Crippen LogP contribution is -2.49. The molecule has 0 unspecified atom stereocenters. The Kier molecular flexibility index (Phi) is 6.20. The van der Waals surface area contributed by atoms with Crippen molar-refractivity contribution in [2.24, 2.45) is 5.92 Å². The summed E-state index contributed by atoms with van der Waals surface area (Å²) in [7, 11) is 0. The van der Waals surface area contributed by atoms with Gasteiger partial charge in [-0.05, 0) is 23.8 Å². The Morgan fingerprint density at radius 1 is 1.38 bits per heavy atom. The number of carbonyl (C=O) groups excluding carboxylic acids is 1. The maximum absolute atomic E-state index is 11.9. The molecule has 6 heteroatoms. The van der Waals surface area contributed by atoms with E-state index in [1.807, 2.05) is 45.2 Å². The second kappa shape index (κ2) is 7.45. The molecular formula is C15H24N2O3S. The van der Waals surface area contributed by atoms with E-state index in [0.717, 1.165) is 0 Å². The zero-order valence-corrected chi connectivity index (χ0v) is 13.8. The van der Waals surface area contributed by atoms with Gasteiger partial charge >= 0.3 is 12.0 Å². The van der Waals surface area contributed by atoms with E-state index in [1.54, 1.807) is 11.3 Å². The molecule has 1 rings (SSSR count). The minimum atomic E-state index is -1.00. The minimum absolute atomic E-state index is 0.178. The van der Waals surface area contributed by atoms with E-state index in [9.17, 15) is 9.59 Å². The monoisotopic (exact) mass is 312 g/mol. The molecular weight excluding hydrogens is 288 g/mol. The first kappa shape index (κ1) is 17.5. The van der Waals surface area contributed by atoms with Crippen LogP contribution in [0, 0.1) is 5.92 Å². The number of hydrogen-bond donors (Lipinski definition) is 3. The van der Waals surface area contributed by atoms with E-state index < -0.39 is 18.0 Å². The predicted molar refractivity (Wildman–Crippen MR) is 84.8 cm³/mol. The van der Waals surface area contributed by atoms with Crippen molar-refractivity contribution in [2.75, 3.05) is 6.54 Å². The fourth-order valence-electron chi connectivity index (χ4n) is 1.95. The van der Waals surface area contributed by atoms with Gasteiger partial charge in [0.25, 0.3) is 0 Å². The lowest BCUT2D eigenvalue weighted by molar-refractivity contribution is -0.139. The molecule has 3 N–H and O–H groups in total. The van der Waals surface area contributed by atoms with Crippen molar-refractivity contribution >= 4 is 23.3 Å². The van der Waals surface area contributed by atoms with Crippen molar-refractivity contribution in [2.45, 2.75) is 45.6 Å². The molecule has 1 heterocycles. The zero-order valence-electron chi connectivity index (χ0n) is 13.0. The van der Waals surface area contributed by atoms with Crippen LogP contribution in [-0.4, -0.2) is 29.7 Å². The van der Waals surface area contributed by atoms with Crippen LogP contribution in [0.4, 0.5) is 4.79 Å². The second-order valence-corrected chi connectivity index (χ2v) is 7.16. The SMILES string of the molecule is CC(C)C[C@H](NC(=O)NCC(C)(C)c1cccs1)C(=O)O. The van der Waals surface area contributed by atoms with Gasteiger partial charge in [-0.3, -0.25) is 0 Å². The van der Waals surface area contributed by atoms with Crippen molar-refractivity contribution in [3.63, 3.8) is 0 Å². The maximum atomic E-state index is 11.9. The molecule has 1 aromatic rings. The molecule has 1 atom stereocenters. The van der Waals surface area contributed by atoms with Gasteiger partial charge in [0.05, 0.1) is 0 Å². The molecule has 0 aromatic carbocycles. The first-order valence-corrected chi connectivity index (χ1v) is 7.91. The Bertz CT molecular complexity index is 469. The summed E-state index contributed by atoms with van der Waals surface area (Å²) in [5, 5.41) is 16.4. The standard InChI is InChI=1S/C15H24N2O3S/c1-10(2)8-11(13(18)19)17-14(20)16-9-15(3,4)12-6-5-7-21-12/h5-7,10-11H,8-9H2,1-4H3,(H,18,19)(H2,16,17,20)/t11-/m0/s1.